The van der Waals surface area contributed by atoms with E-state index in [1.807, 2.05) is 0 Å². The first-order chi connectivity index (χ1) is 10.5. The molecule has 12 heteroatoms. The van der Waals surface area contributed by atoms with Gasteiger partial charge < -0.3 is 0 Å². The first-order valence-electron chi connectivity index (χ1n) is 7.42. The summed E-state index contributed by atoms with van der Waals surface area (Å²) in [6.07, 6.45) is 1.11. The molecule has 0 aromatic rings. The molecule has 0 aromatic carbocycles. The summed E-state index contributed by atoms with van der Waals surface area (Å²) in [5.41, 5.74) is 0. The van der Waals surface area contributed by atoms with Crippen LogP contribution in [-0.2, 0) is 30.1 Å². The van der Waals surface area contributed by atoms with Gasteiger partial charge in [-0.1, -0.05) is 20.8 Å². The van der Waals surface area contributed by atoms with E-state index in [0.29, 0.717) is 19.3 Å². The third-order valence-electron chi connectivity index (χ3n) is 2.72. The summed E-state index contributed by atoms with van der Waals surface area (Å²) in [6.45, 7) is 4.03. The molecule has 0 rings (SSSR count). The molecular formula is C11H27N3O6S3. The third kappa shape index (κ3) is 9.57. The van der Waals surface area contributed by atoms with Gasteiger partial charge in [0.25, 0.3) is 0 Å². The summed E-state index contributed by atoms with van der Waals surface area (Å²) >= 11 is 0. The molecule has 0 bridgehead atoms. The second kappa shape index (κ2) is 9.89. The van der Waals surface area contributed by atoms with Crippen LogP contribution >= 0.6 is 0 Å². The van der Waals surface area contributed by atoms with Gasteiger partial charge in [-0.15, -0.1) is 0 Å². The van der Waals surface area contributed by atoms with Crippen molar-refractivity contribution >= 4 is 30.1 Å². The standard InChI is InChI=1S/C11H27N3O6S3/c1-4-7-21(15,16)12-10-14(23(19,20)9-6-3)11-13-22(17,18)8-5-2/h12-13H,4-11H2,1-3H3. The predicted molar refractivity (Wildman–Crippen MR) is 90.1 cm³/mol. The van der Waals surface area contributed by atoms with Crippen molar-refractivity contribution in [3.05, 3.63) is 0 Å². The Morgan fingerprint density at radius 1 is 0.652 bits per heavy atom. The third-order valence-corrected chi connectivity index (χ3v) is 7.72. The van der Waals surface area contributed by atoms with Crippen LogP contribution in [0.5, 0.6) is 0 Å². The molecule has 9 nitrogen and oxygen atoms in total. The Balaban J connectivity index is 5.05. The molecule has 140 valence electrons. The largest absolute Gasteiger partial charge is 0.216 e. The van der Waals surface area contributed by atoms with E-state index in [2.05, 4.69) is 9.44 Å². The van der Waals surface area contributed by atoms with Crippen molar-refractivity contribution in [3.63, 3.8) is 0 Å². The van der Waals surface area contributed by atoms with E-state index in [9.17, 15) is 25.3 Å². The predicted octanol–water partition coefficient (Wildman–Crippen LogP) is -0.398. The molecule has 0 aliphatic rings. The average molecular weight is 394 g/mol. The van der Waals surface area contributed by atoms with Crippen molar-refractivity contribution < 1.29 is 25.3 Å². The van der Waals surface area contributed by atoms with Gasteiger partial charge in [-0.2, -0.15) is 4.31 Å². The van der Waals surface area contributed by atoms with Crippen LogP contribution in [0.2, 0.25) is 0 Å². The fourth-order valence-electron chi connectivity index (χ4n) is 1.66. The normalized spacial score (nSPS) is 13.6. The first kappa shape index (κ1) is 22.7. The Kier molecular flexibility index (Phi) is 9.77. The molecule has 0 amide bonds. The van der Waals surface area contributed by atoms with Gasteiger partial charge in [0.15, 0.2) is 0 Å². The lowest BCUT2D eigenvalue weighted by Crippen LogP contribution is -2.48. The highest BCUT2D eigenvalue weighted by molar-refractivity contribution is 7.90. The van der Waals surface area contributed by atoms with Crippen molar-refractivity contribution in [3.8, 4) is 0 Å². The Hall–Kier alpha value is -0.270. The van der Waals surface area contributed by atoms with Crippen molar-refractivity contribution in [2.45, 2.75) is 40.0 Å². The van der Waals surface area contributed by atoms with Crippen LogP contribution in [0, 0.1) is 0 Å². The second-order valence-electron chi connectivity index (χ2n) is 5.01. The Morgan fingerprint density at radius 2 is 1.00 bits per heavy atom. The van der Waals surface area contributed by atoms with Gasteiger partial charge in [-0.25, -0.2) is 34.7 Å². The summed E-state index contributed by atoms with van der Waals surface area (Å²) in [7, 11) is -11.0. The van der Waals surface area contributed by atoms with E-state index in [-0.39, 0.29) is 17.3 Å². The van der Waals surface area contributed by atoms with Gasteiger partial charge in [-0.05, 0) is 19.3 Å². The smallest absolute Gasteiger partial charge is 0.212 e. The van der Waals surface area contributed by atoms with Crippen LogP contribution in [0.4, 0.5) is 0 Å². The minimum atomic E-state index is -3.77. The number of sulfonamides is 3. The number of rotatable bonds is 13. The van der Waals surface area contributed by atoms with E-state index in [0.717, 1.165) is 4.31 Å². The fourth-order valence-corrected chi connectivity index (χ4v) is 5.19. The Morgan fingerprint density at radius 3 is 1.30 bits per heavy atom. The van der Waals surface area contributed by atoms with Gasteiger partial charge in [0.2, 0.25) is 30.1 Å². The molecule has 0 saturated carbocycles. The maximum Gasteiger partial charge on any atom is 0.216 e. The quantitative estimate of drug-likeness (QED) is 0.410. The zero-order valence-electron chi connectivity index (χ0n) is 13.8. The molecule has 0 fully saturated rings. The minimum Gasteiger partial charge on any atom is -0.212 e. The van der Waals surface area contributed by atoms with Crippen LogP contribution in [0.3, 0.4) is 0 Å². The summed E-state index contributed by atoms with van der Waals surface area (Å²) in [5.74, 6) is -0.454. The molecule has 0 aromatic heterocycles. The Labute approximate surface area is 140 Å². The van der Waals surface area contributed by atoms with Crippen LogP contribution in [-0.4, -0.2) is 60.2 Å². The molecule has 0 atom stereocenters. The molecule has 0 heterocycles. The highest BCUT2D eigenvalue weighted by Gasteiger charge is 2.24. The number of nitrogens with zero attached hydrogens (tertiary/aromatic N) is 1. The van der Waals surface area contributed by atoms with Crippen molar-refractivity contribution in [1.82, 2.24) is 13.7 Å². The highest BCUT2D eigenvalue weighted by Crippen LogP contribution is 2.03. The van der Waals surface area contributed by atoms with E-state index in [1.54, 1.807) is 20.8 Å². The maximum atomic E-state index is 12.1. The number of hydrogen-bond donors (Lipinski definition) is 2. The summed E-state index contributed by atoms with van der Waals surface area (Å²) in [6, 6.07) is 0. The second-order valence-corrected chi connectivity index (χ2v) is 11.0. The van der Waals surface area contributed by atoms with Gasteiger partial charge in [0, 0.05) is 0 Å². The van der Waals surface area contributed by atoms with Crippen LogP contribution in [0.1, 0.15) is 40.0 Å². The van der Waals surface area contributed by atoms with E-state index in [4.69, 9.17) is 0 Å². The lowest BCUT2D eigenvalue weighted by molar-refractivity contribution is 0.398. The maximum absolute atomic E-state index is 12.1. The summed E-state index contributed by atoms with van der Waals surface area (Å²) < 4.78 is 76.0. The summed E-state index contributed by atoms with van der Waals surface area (Å²) in [4.78, 5) is 0. The first-order valence-corrected chi connectivity index (χ1v) is 12.3. The zero-order chi connectivity index (χ0) is 18.1. The molecule has 0 aliphatic heterocycles. The van der Waals surface area contributed by atoms with Gasteiger partial charge in [-0.3, -0.25) is 0 Å². The minimum absolute atomic E-state index is 0.129. The molecule has 23 heavy (non-hydrogen) atoms. The topological polar surface area (TPSA) is 130 Å². The molecular weight excluding hydrogens is 366 g/mol. The van der Waals surface area contributed by atoms with Crippen LogP contribution in [0.25, 0.3) is 0 Å². The number of hydrogen-bond acceptors (Lipinski definition) is 6. The SMILES string of the molecule is CCCS(=O)(=O)NCN(CNS(=O)(=O)CCC)S(=O)(=O)CCC. The van der Waals surface area contributed by atoms with E-state index < -0.39 is 43.4 Å². The van der Waals surface area contributed by atoms with Crippen LogP contribution in [0.15, 0.2) is 0 Å². The molecule has 0 radical (unpaired) electrons. The van der Waals surface area contributed by atoms with Crippen molar-refractivity contribution in [1.29, 1.82) is 0 Å². The van der Waals surface area contributed by atoms with Gasteiger partial charge in [0.1, 0.15) is 0 Å². The summed E-state index contributed by atoms with van der Waals surface area (Å²) in [5, 5.41) is 0. The Bertz CT molecular complexity index is 602. The average Bonchev–Trinajstić information content (AvgIpc) is 2.37. The molecule has 2 N–H and O–H groups in total. The van der Waals surface area contributed by atoms with E-state index >= 15 is 0 Å². The highest BCUT2D eigenvalue weighted by atomic mass is 32.2. The van der Waals surface area contributed by atoms with Crippen LogP contribution < -0.4 is 9.44 Å². The fraction of sp³-hybridized carbons (Fsp3) is 1.00. The van der Waals surface area contributed by atoms with Crippen molar-refractivity contribution in [2.75, 3.05) is 30.6 Å². The molecule has 0 unspecified atom stereocenters. The number of nitrogens with one attached hydrogen (secondary N) is 2. The lowest BCUT2D eigenvalue weighted by Gasteiger charge is -2.22. The van der Waals surface area contributed by atoms with Crippen molar-refractivity contribution in [2.24, 2.45) is 0 Å². The van der Waals surface area contributed by atoms with Gasteiger partial charge in [0.05, 0.1) is 30.6 Å². The zero-order valence-corrected chi connectivity index (χ0v) is 16.2. The lowest BCUT2D eigenvalue weighted by atomic mass is 10.6. The molecule has 0 aliphatic carbocycles. The monoisotopic (exact) mass is 393 g/mol. The van der Waals surface area contributed by atoms with Gasteiger partial charge >= 0.3 is 0 Å². The molecule has 0 spiro atoms. The van der Waals surface area contributed by atoms with E-state index in [1.165, 1.54) is 0 Å². The molecule has 0 saturated heterocycles.